The van der Waals surface area contributed by atoms with Crippen LogP contribution in [-0.4, -0.2) is 22.5 Å². The second kappa shape index (κ2) is 5.09. The highest BCUT2D eigenvalue weighted by atomic mass is 16.4. The van der Waals surface area contributed by atoms with Gasteiger partial charge >= 0.3 is 5.97 Å². The number of aromatic nitrogens is 1. The number of hydrogen-bond acceptors (Lipinski definition) is 3. The molecule has 0 spiro atoms. The number of carbonyl (C=O) groups is 2. The smallest absolute Gasteiger partial charge is 0.305 e. The van der Waals surface area contributed by atoms with Crippen LogP contribution in [0.3, 0.4) is 0 Å². The Morgan fingerprint density at radius 2 is 2.47 bits per heavy atom. The Morgan fingerprint density at radius 1 is 1.73 bits per heavy atom. The Balaban J connectivity index is 2.92. The van der Waals surface area contributed by atoms with E-state index in [9.17, 15) is 9.59 Å². The van der Waals surface area contributed by atoms with Gasteiger partial charge in [0.2, 0.25) is 6.41 Å². The van der Waals surface area contributed by atoms with Crippen molar-refractivity contribution >= 4 is 12.4 Å². The standard InChI is InChI=1S/C10H12N2O3/c1-7-2-3-11-5-8(7)9(12-6-13)4-10(14)15/h2-3,5-6,9H,4H2,1H3,(H,12,13)(H,14,15). The Morgan fingerprint density at radius 3 is 3.00 bits per heavy atom. The first-order chi connectivity index (χ1) is 7.15. The van der Waals surface area contributed by atoms with Crippen molar-refractivity contribution in [2.45, 2.75) is 19.4 Å². The van der Waals surface area contributed by atoms with Crippen molar-refractivity contribution in [2.24, 2.45) is 0 Å². The van der Waals surface area contributed by atoms with Gasteiger partial charge in [0, 0.05) is 12.4 Å². The van der Waals surface area contributed by atoms with E-state index >= 15 is 0 Å². The number of nitrogens with zero attached hydrogens (tertiary/aromatic N) is 1. The van der Waals surface area contributed by atoms with E-state index in [0.29, 0.717) is 6.41 Å². The summed E-state index contributed by atoms with van der Waals surface area (Å²) in [7, 11) is 0. The summed E-state index contributed by atoms with van der Waals surface area (Å²) in [6.07, 6.45) is 3.54. The maximum absolute atomic E-state index is 10.6. The zero-order valence-electron chi connectivity index (χ0n) is 8.30. The number of hydrogen-bond donors (Lipinski definition) is 2. The largest absolute Gasteiger partial charge is 0.481 e. The number of nitrogens with one attached hydrogen (secondary N) is 1. The Labute approximate surface area is 87.1 Å². The summed E-state index contributed by atoms with van der Waals surface area (Å²) in [4.78, 5) is 24.9. The first-order valence-corrected chi connectivity index (χ1v) is 4.47. The molecule has 1 atom stereocenters. The van der Waals surface area contributed by atoms with Gasteiger partial charge in [-0.2, -0.15) is 0 Å². The molecule has 1 unspecified atom stereocenters. The molecule has 15 heavy (non-hydrogen) atoms. The molecule has 80 valence electrons. The summed E-state index contributed by atoms with van der Waals surface area (Å²) in [6, 6.07) is 1.25. The minimum Gasteiger partial charge on any atom is -0.481 e. The fourth-order valence-electron chi connectivity index (χ4n) is 1.36. The number of rotatable bonds is 5. The van der Waals surface area contributed by atoms with Gasteiger partial charge < -0.3 is 10.4 Å². The molecule has 1 amide bonds. The normalized spacial score (nSPS) is 11.8. The van der Waals surface area contributed by atoms with E-state index in [1.165, 1.54) is 0 Å². The van der Waals surface area contributed by atoms with E-state index in [1.54, 1.807) is 18.5 Å². The molecule has 5 nitrogen and oxygen atoms in total. The van der Waals surface area contributed by atoms with Crippen molar-refractivity contribution in [3.63, 3.8) is 0 Å². The number of aliphatic carboxylic acids is 1. The van der Waals surface area contributed by atoms with Crippen LogP contribution in [0.1, 0.15) is 23.6 Å². The van der Waals surface area contributed by atoms with Crippen LogP contribution < -0.4 is 5.32 Å². The number of pyridine rings is 1. The third-order valence-corrected chi connectivity index (χ3v) is 2.10. The van der Waals surface area contributed by atoms with Crippen LogP contribution in [0, 0.1) is 6.92 Å². The van der Waals surface area contributed by atoms with Crippen LogP contribution in [0.4, 0.5) is 0 Å². The molecule has 0 radical (unpaired) electrons. The molecular formula is C10H12N2O3. The fourth-order valence-corrected chi connectivity index (χ4v) is 1.36. The van der Waals surface area contributed by atoms with Gasteiger partial charge in [0.25, 0.3) is 0 Å². The van der Waals surface area contributed by atoms with Gasteiger partial charge in [-0.05, 0) is 24.1 Å². The van der Waals surface area contributed by atoms with Gasteiger partial charge in [-0.1, -0.05) is 0 Å². The van der Waals surface area contributed by atoms with E-state index in [2.05, 4.69) is 10.3 Å². The zero-order valence-corrected chi connectivity index (χ0v) is 8.30. The van der Waals surface area contributed by atoms with Gasteiger partial charge in [0.1, 0.15) is 0 Å². The molecule has 5 heteroatoms. The topological polar surface area (TPSA) is 79.3 Å². The lowest BCUT2D eigenvalue weighted by Crippen LogP contribution is -2.23. The predicted octanol–water partition coefficient (Wildman–Crippen LogP) is 0.652. The van der Waals surface area contributed by atoms with Crippen LogP contribution in [0.2, 0.25) is 0 Å². The molecule has 0 fully saturated rings. The van der Waals surface area contributed by atoms with Gasteiger partial charge in [-0.25, -0.2) is 0 Å². The van der Waals surface area contributed by atoms with Gasteiger partial charge in [0.05, 0.1) is 12.5 Å². The minimum atomic E-state index is -0.961. The average Bonchev–Trinajstić information content (AvgIpc) is 2.17. The molecule has 1 aromatic heterocycles. The van der Waals surface area contributed by atoms with E-state index < -0.39 is 12.0 Å². The van der Waals surface area contributed by atoms with Crippen molar-refractivity contribution in [3.05, 3.63) is 29.6 Å². The van der Waals surface area contributed by atoms with Crippen LogP contribution in [0.5, 0.6) is 0 Å². The van der Waals surface area contributed by atoms with Crippen molar-refractivity contribution < 1.29 is 14.7 Å². The second-order valence-corrected chi connectivity index (χ2v) is 3.17. The molecule has 0 aromatic carbocycles. The SMILES string of the molecule is Cc1ccncc1C(CC(=O)O)NC=O. The van der Waals surface area contributed by atoms with E-state index in [-0.39, 0.29) is 6.42 Å². The highest BCUT2D eigenvalue weighted by Crippen LogP contribution is 2.18. The fraction of sp³-hybridized carbons (Fsp3) is 0.300. The van der Waals surface area contributed by atoms with Crippen LogP contribution in [-0.2, 0) is 9.59 Å². The zero-order chi connectivity index (χ0) is 11.3. The van der Waals surface area contributed by atoms with Gasteiger partial charge in [-0.15, -0.1) is 0 Å². The van der Waals surface area contributed by atoms with Crippen molar-refractivity contribution in [1.82, 2.24) is 10.3 Å². The molecule has 1 heterocycles. The van der Waals surface area contributed by atoms with Crippen LogP contribution in [0.15, 0.2) is 18.5 Å². The Bertz CT molecular complexity index is 365. The van der Waals surface area contributed by atoms with E-state index in [0.717, 1.165) is 11.1 Å². The third-order valence-electron chi connectivity index (χ3n) is 2.10. The van der Waals surface area contributed by atoms with Crippen molar-refractivity contribution in [2.75, 3.05) is 0 Å². The van der Waals surface area contributed by atoms with Crippen molar-refractivity contribution in [1.29, 1.82) is 0 Å². The summed E-state index contributed by atoms with van der Waals surface area (Å²) in [5, 5.41) is 11.2. The molecule has 0 saturated carbocycles. The summed E-state index contributed by atoms with van der Waals surface area (Å²) in [5.41, 5.74) is 1.64. The summed E-state index contributed by atoms with van der Waals surface area (Å²) in [6.45, 7) is 1.85. The Kier molecular flexibility index (Phi) is 3.79. The summed E-state index contributed by atoms with van der Waals surface area (Å²) >= 11 is 0. The molecular weight excluding hydrogens is 196 g/mol. The number of amides is 1. The van der Waals surface area contributed by atoms with Gasteiger partial charge in [0.15, 0.2) is 0 Å². The first kappa shape index (κ1) is 11.2. The molecule has 1 aromatic rings. The molecule has 0 aliphatic heterocycles. The average molecular weight is 208 g/mol. The lowest BCUT2D eigenvalue weighted by molar-refractivity contribution is -0.137. The van der Waals surface area contributed by atoms with E-state index in [1.807, 2.05) is 6.92 Å². The number of carboxylic acids is 1. The lowest BCUT2D eigenvalue weighted by Gasteiger charge is -2.15. The monoisotopic (exact) mass is 208 g/mol. The second-order valence-electron chi connectivity index (χ2n) is 3.17. The third kappa shape index (κ3) is 3.05. The highest BCUT2D eigenvalue weighted by Gasteiger charge is 2.16. The minimum absolute atomic E-state index is 0.148. The van der Waals surface area contributed by atoms with Crippen molar-refractivity contribution in [3.8, 4) is 0 Å². The lowest BCUT2D eigenvalue weighted by atomic mass is 10.0. The quantitative estimate of drug-likeness (QED) is 0.696. The molecule has 2 N–H and O–H groups in total. The Hall–Kier alpha value is -1.91. The maximum Gasteiger partial charge on any atom is 0.305 e. The molecule has 0 aliphatic carbocycles. The molecule has 0 saturated heterocycles. The maximum atomic E-state index is 10.6. The number of carboxylic acid groups (broad SMARTS) is 1. The molecule has 0 bridgehead atoms. The highest BCUT2D eigenvalue weighted by molar-refractivity contribution is 5.68. The summed E-state index contributed by atoms with van der Waals surface area (Å²) < 4.78 is 0. The van der Waals surface area contributed by atoms with E-state index in [4.69, 9.17) is 5.11 Å². The van der Waals surface area contributed by atoms with Gasteiger partial charge in [-0.3, -0.25) is 14.6 Å². The van der Waals surface area contributed by atoms with Crippen LogP contribution in [0.25, 0.3) is 0 Å². The first-order valence-electron chi connectivity index (χ1n) is 4.47. The summed E-state index contributed by atoms with van der Waals surface area (Å²) in [5.74, 6) is -0.961. The van der Waals surface area contributed by atoms with Crippen LogP contribution >= 0.6 is 0 Å². The predicted molar refractivity (Wildman–Crippen MR) is 53.2 cm³/mol. The molecule has 1 rings (SSSR count). The number of aryl methyl sites for hydroxylation is 1. The molecule has 0 aliphatic rings. The number of carbonyl (C=O) groups excluding carboxylic acids is 1.